The molecular weight excluding hydrogens is 264 g/mol. The summed E-state index contributed by atoms with van der Waals surface area (Å²) in [6.45, 7) is 2.82. The van der Waals surface area contributed by atoms with E-state index in [1.807, 2.05) is 13.1 Å². The standard InChI is InChI=1S/C16H22N4O/c1-18-14-6-4-9-20(12-14)10-8-16(21)19-15-7-3-2-5-13(15)11-17/h2-3,5,7,14,18H,4,6,8-10,12H2,1H3,(H,19,21). The number of para-hydroxylation sites is 1. The maximum atomic E-state index is 12.0. The van der Waals surface area contributed by atoms with Crippen LogP contribution in [0, 0.1) is 11.3 Å². The van der Waals surface area contributed by atoms with Crippen LogP contribution in [0.3, 0.4) is 0 Å². The van der Waals surface area contributed by atoms with Gasteiger partial charge in [-0.1, -0.05) is 12.1 Å². The first-order chi connectivity index (χ1) is 10.2. The van der Waals surface area contributed by atoms with E-state index in [-0.39, 0.29) is 5.91 Å². The summed E-state index contributed by atoms with van der Waals surface area (Å²) >= 11 is 0. The van der Waals surface area contributed by atoms with Crippen molar-refractivity contribution < 1.29 is 4.79 Å². The first-order valence-corrected chi connectivity index (χ1v) is 7.41. The van der Waals surface area contributed by atoms with Crippen LogP contribution in [0.25, 0.3) is 0 Å². The van der Waals surface area contributed by atoms with Crippen LogP contribution in [0.2, 0.25) is 0 Å². The van der Waals surface area contributed by atoms with Gasteiger partial charge in [0.1, 0.15) is 6.07 Å². The van der Waals surface area contributed by atoms with Gasteiger partial charge in [0.15, 0.2) is 0 Å². The van der Waals surface area contributed by atoms with E-state index in [0.717, 1.165) is 19.6 Å². The summed E-state index contributed by atoms with van der Waals surface area (Å²) in [5.74, 6) is -0.0377. The fourth-order valence-electron chi connectivity index (χ4n) is 2.66. The molecule has 5 heteroatoms. The molecule has 1 fully saturated rings. The molecule has 1 atom stereocenters. The molecule has 0 aromatic heterocycles. The van der Waals surface area contributed by atoms with Crippen molar-refractivity contribution in [2.24, 2.45) is 0 Å². The zero-order valence-corrected chi connectivity index (χ0v) is 12.4. The second kappa shape index (κ2) is 7.77. The molecule has 2 N–H and O–H groups in total. The molecule has 1 aromatic rings. The Bertz CT molecular complexity index is 523. The summed E-state index contributed by atoms with van der Waals surface area (Å²) in [7, 11) is 1.99. The van der Waals surface area contributed by atoms with Gasteiger partial charge in [-0.25, -0.2) is 0 Å². The Hall–Kier alpha value is -1.90. The first kappa shape index (κ1) is 15.5. The number of anilines is 1. The number of rotatable bonds is 5. The fourth-order valence-corrected chi connectivity index (χ4v) is 2.66. The molecule has 0 saturated carbocycles. The number of nitrogens with one attached hydrogen (secondary N) is 2. The van der Waals surface area contributed by atoms with E-state index in [1.165, 1.54) is 12.8 Å². The third kappa shape index (κ3) is 4.55. The first-order valence-electron chi connectivity index (χ1n) is 7.41. The zero-order chi connectivity index (χ0) is 15.1. The summed E-state index contributed by atoms with van der Waals surface area (Å²) < 4.78 is 0. The Morgan fingerprint density at radius 1 is 1.48 bits per heavy atom. The van der Waals surface area contributed by atoms with Gasteiger partial charge in [0.2, 0.25) is 5.91 Å². The average molecular weight is 286 g/mol. The third-order valence-electron chi connectivity index (χ3n) is 3.89. The van der Waals surface area contributed by atoms with Crippen molar-refractivity contribution >= 4 is 11.6 Å². The topological polar surface area (TPSA) is 68.2 Å². The Balaban J connectivity index is 1.81. The van der Waals surface area contributed by atoms with E-state index in [9.17, 15) is 4.79 Å². The number of amides is 1. The Morgan fingerprint density at radius 3 is 3.05 bits per heavy atom. The number of hydrogen-bond acceptors (Lipinski definition) is 4. The number of hydrogen-bond donors (Lipinski definition) is 2. The van der Waals surface area contributed by atoms with Crippen LogP contribution in [-0.2, 0) is 4.79 Å². The molecule has 1 aliphatic heterocycles. The number of carbonyl (C=O) groups is 1. The molecule has 0 radical (unpaired) electrons. The van der Waals surface area contributed by atoms with Gasteiger partial charge in [-0.15, -0.1) is 0 Å². The quantitative estimate of drug-likeness (QED) is 0.862. The highest BCUT2D eigenvalue weighted by atomic mass is 16.1. The van der Waals surface area contributed by atoms with E-state index < -0.39 is 0 Å². The molecule has 0 bridgehead atoms. The van der Waals surface area contributed by atoms with Crippen molar-refractivity contribution in [1.29, 1.82) is 5.26 Å². The van der Waals surface area contributed by atoms with Gasteiger partial charge >= 0.3 is 0 Å². The van der Waals surface area contributed by atoms with Crippen molar-refractivity contribution in [3.63, 3.8) is 0 Å². The molecule has 21 heavy (non-hydrogen) atoms. The minimum atomic E-state index is -0.0377. The SMILES string of the molecule is CNC1CCCN(CCC(=O)Nc2ccccc2C#N)C1. The van der Waals surface area contributed by atoms with E-state index in [1.54, 1.807) is 18.2 Å². The van der Waals surface area contributed by atoms with Gasteiger partial charge in [-0.05, 0) is 38.6 Å². The minimum absolute atomic E-state index is 0.0377. The van der Waals surface area contributed by atoms with Crippen LogP contribution in [0.5, 0.6) is 0 Å². The van der Waals surface area contributed by atoms with Crippen LogP contribution >= 0.6 is 0 Å². The molecule has 1 unspecified atom stereocenters. The Kier molecular flexibility index (Phi) is 5.73. The van der Waals surface area contributed by atoms with E-state index in [2.05, 4.69) is 21.6 Å². The second-order valence-corrected chi connectivity index (χ2v) is 5.38. The number of piperidine rings is 1. The average Bonchev–Trinajstić information content (AvgIpc) is 2.53. The Morgan fingerprint density at radius 2 is 2.29 bits per heavy atom. The Labute approximate surface area is 125 Å². The predicted octanol–water partition coefficient (Wildman–Crippen LogP) is 1.57. The number of likely N-dealkylation sites (N-methyl/N-ethyl adjacent to an activating group) is 1. The van der Waals surface area contributed by atoms with Crippen molar-refractivity contribution in [3.8, 4) is 6.07 Å². The van der Waals surface area contributed by atoms with Crippen molar-refractivity contribution in [1.82, 2.24) is 10.2 Å². The molecule has 1 heterocycles. The lowest BCUT2D eigenvalue weighted by molar-refractivity contribution is -0.116. The summed E-state index contributed by atoms with van der Waals surface area (Å²) in [5, 5.41) is 15.1. The molecule has 112 valence electrons. The minimum Gasteiger partial charge on any atom is -0.325 e. The molecule has 1 aliphatic rings. The van der Waals surface area contributed by atoms with Crippen LogP contribution in [-0.4, -0.2) is 43.5 Å². The van der Waals surface area contributed by atoms with Crippen LogP contribution < -0.4 is 10.6 Å². The number of nitriles is 1. The van der Waals surface area contributed by atoms with Crippen LogP contribution in [0.4, 0.5) is 5.69 Å². The van der Waals surface area contributed by atoms with Gasteiger partial charge in [-0.2, -0.15) is 5.26 Å². The number of carbonyl (C=O) groups excluding carboxylic acids is 1. The van der Waals surface area contributed by atoms with Crippen molar-refractivity contribution in [3.05, 3.63) is 29.8 Å². The lowest BCUT2D eigenvalue weighted by Gasteiger charge is -2.32. The molecule has 0 aliphatic carbocycles. The van der Waals surface area contributed by atoms with Crippen LogP contribution in [0.15, 0.2) is 24.3 Å². The van der Waals surface area contributed by atoms with Crippen LogP contribution in [0.1, 0.15) is 24.8 Å². The van der Waals surface area contributed by atoms with E-state index in [4.69, 9.17) is 5.26 Å². The smallest absolute Gasteiger partial charge is 0.225 e. The molecule has 1 saturated heterocycles. The van der Waals surface area contributed by atoms with Crippen molar-refractivity contribution in [2.45, 2.75) is 25.3 Å². The molecule has 1 amide bonds. The lowest BCUT2D eigenvalue weighted by Crippen LogP contribution is -2.45. The maximum absolute atomic E-state index is 12.0. The largest absolute Gasteiger partial charge is 0.325 e. The predicted molar refractivity (Wildman–Crippen MR) is 82.9 cm³/mol. The van der Waals surface area contributed by atoms with E-state index >= 15 is 0 Å². The highest BCUT2D eigenvalue weighted by molar-refractivity contribution is 5.92. The molecule has 5 nitrogen and oxygen atoms in total. The zero-order valence-electron chi connectivity index (χ0n) is 12.4. The highest BCUT2D eigenvalue weighted by Crippen LogP contribution is 2.14. The summed E-state index contributed by atoms with van der Waals surface area (Å²) in [6, 6.07) is 9.69. The normalized spacial score (nSPS) is 19.0. The molecular formula is C16H22N4O. The summed E-state index contributed by atoms with van der Waals surface area (Å²) in [5.41, 5.74) is 1.09. The van der Waals surface area contributed by atoms with Gasteiger partial charge in [0.05, 0.1) is 11.3 Å². The van der Waals surface area contributed by atoms with E-state index in [0.29, 0.717) is 23.7 Å². The van der Waals surface area contributed by atoms with Gasteiger partial charge in [-0.3, -0.25) is 4.79 Å². The highest BCUT2D eigenvalue weighted by Gasteiger charge is 2.18. The lowest BCUT2D eigenvalue weighted by atomic mass is 10.1. The van der Waals surface area contributed by atoms with Gasteiger partial charge in [0, 0.05) is 25.6 Å². The van der Waals surface area contributed by atoms with Crippen molar-refractivity contribution in [2.75, 3.05) is 32.0 Å². The fraction of sp³-hybridized carbons (Fsp3) is 0.500. The molecule has 2 rings (SSSR count). The molecule has 0 spiro atoms. The van der Waals surface area contributed by atoms with Gasteiger partial charge < -0.3 is 15.5 Å². The number of nitrogens with zero attached hydrogens (tertiary/aromatic N) is 2. The molecule has 1 aromatic carbocycles. The number of likely N-dealkylation sites (tertiary alicyclic amines) is 1. The summed E-state index contributed by atoms with van der Waals surface area (Å²) in [4.78, 5) is 14.3. The monoisotopic (exact) mass is 286 g/mol. The van der Waals surface area contributed by atoms with Gasteiger partial charge in [0.25, 0.3) is 0 Å². The number of benzene rings is 1. The summed E-state index contributed by atoms with van der Waals surface area (Å²) in [6.07, 6.45) is 2.83. The maximum Gasteiger partial charge on any atom is 0.225 e. The second-order valence-electron chi connectivity index (χ2n) is 5.38. The third-order valence-corrected chi connectivity index (χ3v) is 3.89.